The maximum Gasteiger partial charge on any atom is 0.287 e. The number of hydrogen-bond acceptors (Lipinski definition) is 6. The van der Waals surface area contributed by atoms with Crippen LogP contribution in [0, 0.1) is 0 Å². The number of fused-ring (bicyclic) bond motifs is 1. The van der Waals surface area contributed by atoms with E-state index in [2.05, 4.69) is 35.7 Å². The van der Waals surface area contributed by atoms with Crippen LogP contribution in [0.5, 0.6) is 11.5 Å². The van der Waals surface area contributed by atoms with Crippen LogP contribution in [-0.2, 0) is 17.8 Å². The molecule has 1 aliphatic carbocycles. The maximum atomic E-state index is 13.5. The van der Waals surface area contributed by atoms with Crippen LogP contribution in [0.25, 0.3) is 11.0 Å². The van der Waals surface area contributed by atoms with Crippen molar-refractivity contribution in [3.05, 3.63) is 116 Å². The molecule has 46 heavy (non-hydrogen) atoms. The quantitative estimate of drug-likeness (QED) is 0.193. The first kappa shape index (κ1) is 31.4. The molecule has 8 nitrogen and oxygen atoms in total. The van der Waals surface area contributed by atoms with Gasteiger partial charge in [0.1, 0.15) is 5.58 Å². The third-order valence-electron chi connectivity index (χ3n) is 9.03. The molecule has 0 radical (unpaired) electrons. The van der Waals surface area contributed by atoms with Gasteiger partial charge >= 0.3 is 0 Å². The van der Waals surface area contributed by atoms with Gasteiger partial charge in [-0.2, -0.15) is 0 Å². The second kappa shape index (κ2) is 13.8. The molecule has 2 aliphatic rings. The van der Waals surface area contributed by atoms with Gasteiger partial charge in [0.05, 0.1) is 18.5 Å². The van der Waals surface area contributed by atoms with Gasteiger partial charge in [0.15, 0.2) is 22.7 Å². The molecule has 238 valence electrons. The minimum Gasteiger partial charge on any atom is -0.504 e. The number of nitrogens with zero attached hydrogens (tertiary/aromatic N) is 1. The Kier molecular flexibility index (Phi) is 9.45. The molecule has 1 atom stereocenters. The Hall–Kier alpha value is -4.56. The zero-order chi connectivity index (χ0) is 32.2. The molecule has 1 aromatic heterocycles. The standard InChI is InChI=1S/C37H37ClN2O6/c1-45-34-21-33-30(19-32(34)42)31(41)20-35(46-33)37(44)39-28(18-24-10-14-27(38)15-11-24)17-23-8-12-25(13-9-23)29-6-3-2-5-26(29)22-40-16-4-7-36(40)43/h2-3,5-6,10-11,14-15,17,19-21,25,28,42H,4,7-9,12-13,16,18,22H2,1H3,(H,39,44)/t25?,28-/m1/s1. The smallest absolute Gasteiger partial charge is 0.287 e. The van der Waals surface area contributed by atoms with Gasteiger partial charge in [-0.15, -0.1) is 0 Å². The van der Waals surface area contributed by atoms with Crippen LogP contribution >= 0.6 is 11.6 Å². The molecule has 1 saturated carbocycles. The Bertz CT molecular complexity index is 1840. The van der Waals surface area contributed by atoms with E-state index in [4.69, 9.17) is 20.8 Å². The Labute approximate surface area is 272 Å². The largest absolute Gasteiger partial charge is 0.504 e. The monoisotopic (exact) mass is 640 g/mol. The highest BCUT2D eigenvalue weighted by Gasteiger charge is 2.25. The lowest BCUT2D eigenvalue weighted by molar-refractivity contribution is -0.128. The number of nitrogens with one attached hydrogen (secondary N) is 1. The molecule has 4 aromatic rings. The minimum absolute atomic E-state index is 0.124. The Morgan fingerprint density at radius 2 is 1.85 bits per heavy atom. The van der Waals surface area contributed by atoms with Gasteiger partial charge in [-0.05, 0) is 79.3 Å². The molecule has 6 rings (SSSR count). The van der Waals surface area contributed by atoms with Crippen molar-refractivity contribution < 1.29 is 23.8 Å². The number of halogens is 1. The molecule has 3 aromatic carbocycles. The van der Waals surface area contributed by atoms with Crippen molar-refractivity contribution in [3.8, 4) is 11.5 Å². The second-order valence-corrected chi connectivity index (χ2v) is 12.6. The Balaban J connectivity index is 1.20. The van der Waals surface area contributed by atoms with Gasteiger partial charge in [0.2, 0.25) is 5.91 Å². The normalized spacial score (nSPS) is 17.3. The van der Waals surface area contributed by atoms with Gasteiger partial charge < -0.3 is 24.5 Å². The van der Waals surface area contributed by atoms with E-state index in [1.807, 2.05) is 29.2 Å². The molecule has 2 N–H and O–H groups in total. The number of aromatic hydroxyl groups is 1. The van der Waals surface area contributed by atoms with Gasteiger partial charge in [-0.3, -0.25) is 14.4 Å². The first-order valence-corrected chi connectivity index (χ1v) is 16.1. The molecular formula is C37H37ClN2O6. The summed E-state index contributed by atoms with van der Waals surface area (Å²) < 4.78 is 11.0. The van der Waals surface area contributed by atoms with E-state index in [0.29, 0.717) is 30.3 Å². The highest BCUT2D eigenvalue weighted by Crippen LogP contribution is 2.38. The molecule has 2 heterocycles. The van der Waals surface area contributed by atoms with Crippen LogP contribution in [0.1, 0.15) is 71.7 Å². The topological polar surface area (TPSA) is 109 Å². The lowest BCUT2D eigenvalue weighted by Crippen LogP contribution is -2.36. The molecule has 1 saturated heterocycles. The Morgan fingerprint density at radius 3 is 2.57 bits per heavy atom. The van der Waals surface area contributed by atoms with E-state index < -0.39 is 11.3 Å². The molecular weight excluding hydrogens is 604 g/mol. The molecule has 0 bridgehead atoms. The van der Waals surface area contributed by atoms with Crippen molar-refractivity contribution in [2.24, 2.45) is 0 Å². The summed E-state index contributed by atoms with van der Waals surface area (Å²) in [5.74, 6) is -0.0454. The molecule has 0 unspecified atom stereocenters. The van der Waals surface area contributed by atoms with Crippen molar-refractivity contribution in [2.75, 3.05) is 13.7 Å². The summed E-state index contributed by atoms with van der Waals surface area (Å²) in [5.41, 5.74) is 4.53. The van der Waals surface area contributed by atoms with E-state index in [1.165, 1.54) is 35.9 Å². The SMILES string of the molecule is COc1cc2oc(C(=O)N[C@H](C=C3CCC(c4ccccc4CN4CCCC4=O)CC3)Cc3ccc(Cl)cc3)cc(=O)c2cc1O. The lowest BCUT2D eigenvalue weighted by Gasteiger charge is -2.28. The van der Waals surface area contributed by atoms with Crippen molar-refractivity contribution in [2.45, 2.75) is 63.5 Å². The van der Waals surface area contributed by atoms with Gasteiger partial charge in [0, 0.05) is 36.7 Å². The molecule has 2 amide bonds. The van der Waals surface area contributed by atoms with Crippen molar-refractivity contribution in [1.29, 1.82) is 0 Å². The number of ether oxygens (including phenoxy) is 1. The Morgan fingerprint density at radius 1 is 1.09 bits per heavy atom. The highest BCUT2D eigenvalue weighted by atomic mass is 35.5. The molecule has 2 fully saturated rings. The molecule has 1 aliphatic heterocycles. The average molecular weight is 641 g/mol. The summed E-state index contributed by atoms with van der Waals surface area (Å²) in [6.07, 6.45) is 7.98. The first-order chi connectivity index (χ1) is 22.3. The number of amides is 2. The van der Waals surface area contributed by atoms with Gasteiger partial charge in [-0.25, -0.2) is 0 Å². The number of hydrogen-bond donors (Lipinski definition) is 2. The van der Waals surface area contributed by atoms with E-state index in [0.717, 1.165) is 50.3 Å². The number of carbonyl (C=O) groups is 2. The highest BCUT2D eigenvalue weighted by molar-refractivity contribution is 6.30. The summed E-state index contributed by atoms with van der Waals surface area (Å²) in [4.78, 5) is 40.6. The van der Waals surface area contributed by atoms with E-state index in [9.17, 15) is 19.5 Å². The van der Waals surface area contributed by atoms with Crippen molar-refractivity contribution in [1.82, 2.24) is 10.2 Å². The lowest BCUT2D eigenvalue weighted by atomic mass is 9.79. The fraction of sp³-hybridized carbons (Fsp3) is 0.324. The van der Waals surface area contributed by atoms with E-state index in [-0.39, 0.29) is 40.2 Å². The second-order valence-electron chi connectivity index (χ2n) is 12.1. The van der Waals surface area contributed by atoms with Crippen molar-refractivity contribution >= 4 is 34.4 Å². The summed E-state index contributed by atoms with van der Waals surface area (Å²) in [7, 11) is 1.40. The van der Waals surface area contributed by atoms with Crippen LogP contribution in [0.4, 0.5) is 0 Å². The summed E-state index contributed by atoms with van der Waals surface area (Å²) in [6.45, 7) is 1.49. The first-order valence-electron chi connectivity index (χ1n) is 15.7. The third kappa shape index (κ3) is 7.12. The molecule has 0 spiro atoms. The van der Waals surface area contributed by atoms with E-state index in [1.54, 1.807) is 0 Å². The van der Waals surface area contributed by atoms with Crippen LogP contribution < -0.4 is 15.5 Å². The van der Waals surface area contributed by atoms with Gasteiger partial charge in [0.25, 0.3) is 5.91 Å². The zero-order valence-corrected chi connectivity index (χ0v) is 26.5. The third-order valence-corrected chi connectivity index (χ3v) is 9.28. The zero-order valence-electron chi connectivity index (χ0n) is 25.8. The predicted octanol–water partition coefficient (Wildman–Crippen LogP) is 6.91. The number of methoxy groups -OCH3 is 1. The number of likely N-dealkylation sites (tertiary alicyclic amines) is 1. The average Bonchev–Trinajstić information content (AvgIpc) is 3.46. The predicted molar refractivity (Wildman–Crippen MR) is 177 cm³/mol. The summed E-state index contributed by atoms with van der Waals surface area (Å²) in [5, 5.41) is 14.0. The molecule has 9 heteroatoms. The van der Waals surface area contributed by atoms with Crippen molar-refractivity contribution in [3.63, 3.8) is 0 Å². The number of phenols is 1. The fourth-order valence-corrected chi connectivity index (χ4v) is 6.74. The van der Waals surface area contributed by atoms with Crippen LogP contribution in [-0.4, -0.2) is 41.5 Å². The maximum absolute atomic E-state index is 13.5. The number of benzene rings is 3. The van der Waals surface area contributed by atoms with Crippen LogP contribution in [0.3, 0.4) is 0 Å². The van der Waals surface area contributed by atoms with Crippen LogP contribution in [0.15, 0.2) is 87.6 Å². The number of phenolic OH excluding ortho intramolecular Hbond substituents is 1. The summed E-state index contributed by atoms with van der Waals surface area (Å²) >= 11 is 6.12. The van der Waals surface area contributed by atoms with E-state index >= 15 is 0 Å². The number of rotatable bonds is 9. The fourth-order valence-electron chi connectivity index (χ4n) is 6.62. The number of allylic oxidation sites excluding steroid dienone is 1. The van der Waals surface area contributed by atoms with Gasteiger partial charge in [-0.1, -0.05) is 59.6 Å². The summed E-state index contributed by atoms with van der Waals surface area (Å²) in [6, 6.07) is 19.5. The van der Waals surface area contributed by atoms with Crippen LogP contribution in [0.2, 0.25) is 5.02 Å². The minimum atomic E-state index is -0.513. The number of carbonyl (C=O) groups excluding carboxylic acids is 2.